The first-order chi connectivity index (χ1) is 14.0. The van der Waals surface area contributed by atoms with Crippen molar-refractivity contribution in [1.29, 1.82) is 0 Å². The Hall–Kier alpha value is -2.95. The predicted octanol–water partition coefficient (Wildman–Crippen LogP) is 5.03. The van der Waals surface area contributed by atoms with Gasteiger partial charge in [-0.1, -0.05) is 39.8 Å². The van der Waals surface area contributed by atoms with Crippen LogP contribution >= 0.6 is 0 Å². The number of aryl methyl sites for hydroxylation is 1. The Balaban J connectivity index is 1.83. The van der Waals surface area contributed by atoms with Crippen LogP contribution < -0.4 is 5.69 Å². The predicted molar refractivity (Wildman–Crippen MR) is 119 cm³/mol. The molecule has 0 saturated heterocycles. The fraction of sp³-hybridized carbons (Fsp3) is 0.400. The second-order valence-electron chi connectivity index (χ2n) is 9.92. The molecule has 0 saturated carbocycles. The molecule has 0 unspecified atom stereocenters. The summed E-state index contributed by atoms with van der Waals surface area (Å²) in [6.45, 7) is 11.3. The molecular formula is C25H30N2O3. The Bertz CT molecular complexity index is 1180. The molecule has 5 heteroatoms. The Kier molecular flexibility index (Phi) is 4.60. The highest BCUT2D eigenvalue weighted by molar-refractivity contribution is 5.75. The van der Waals surface area contributed by atoms with Gasteiger partial charge in [0.2, 0.25) is 5.88 Å². The lowest BCUT2D eigenvalue weighted by Gasteiger charge is -2.42. The Morgan fingerprint density at radius 3 is 2.13 bits per heavy atom. The van der Waals surface area contributed by atoms with Crippen molar-refractivity contribution in [2.24, 2.45) is 0 Å². The average molecular weight is 407 g/mol. The van der Waals surface area contributed by atoms with Crippen molar-refractivity contribution in [3.63, 3.8) is 0 Å². The lowest BCUT2D eigenvalue weighted by Crippen LogP contribution is -2.34. The first-order valence-electron chi connectivity index (χ1n) is 10.5. The lowest BCUT2D eigenvalue weighted by molar-refractivity contribution is 0.332. The van der Waals surface area contributed by atoms with Crippen molar-refractivity contribution in [2.75, 3.05) is 0 Å². The molecule has 30 heavy (non-hydrogen) atoms. The quantitative estimate of drug-likeness (QED) is 0.492. The standard InChI is InChI=1S/C25H30N2O3/c1-14-10-18-19(25(4,5)9-8-24(18,2)3)13-16(14)17-11-15(6-7-21(17)28)12-20-22(29)27-23(30)26-20/h6-7,10-11,13,28-29H,8-9,12H2,1-5H3,(H2,26,27,30). The fourth-order valence-corrected chi connectivity index (χ4v) is 4.66. The van der Waals surface area contributed by atoms with Crippen LogP contribution in [0.5, 0.6) is 11.6 Å². The lowest BCUT2D eigenvalue weighted by atomic mass is 9.62. The molecule has 1 aliphatic rings. The van der Waals surface area contributed by atoms with Gasteiger partial charge in [0.25, 0.3) is 0 Å². The molecule has 4 N–H and O–H groups in total. The van der Waals surface area contributed by atoms with Crippen LogP contribution in [0.3, 0.4) is 0 Å². The van der Waals surface area contributed by atoms with Crippen molar-refractivity contribution >= 4 is 0 Å². The second-order valence-corrected chi connectivity index (χ2v) is 9.92. The zero-order valence-corrected chi connectivity index (χ0v) is 18.3. The van der Waals surface area contributed by atoms with Gasteiger partial charge in [0.1, 0.15) is 5.75 Å². The summed E-state index contributed by atoms with van der Waals surface area (Å²) in [6, 6.07) is 9.97. The number of nitrogens with one attached hydrogen (secondary N) is 2. The van der Waals surface area contributed by atoms with Gasteiger partial charge in [-0.2, -0.15) is 0 Å². The number of aromatic nitrogens is 2. The number of benzene rings is 2. The van der Waals surface area contributed by atoms with Gasteiger partial charge in [0, 0.05) is 12.0 Å². The third kappa shape index (κ3) is 3.42. The van der Waals surface area contributed by atoms with E-state index in [4.69, 9.17) is 0 Å². The normalized spacial score (nSPS) is 17.0. The molecule has 1 heterocycles. The van der Waals surface area contributed by atoms with Gasteiger partial charge < -0.3 is 15.2 Å². The first-order valence-corrected chi connectivity index (χ1v) is 10.5. The molecule has 0 spiro atoms. The molecule has 1 aliphatic carbocycles. The monoisotopic (exact) mass is 406 g/mol. The maximum absolute atomic E-state index is 11.4. The Labute approximate surface area is 176 Å². The summed E-state index contributed by atoms with van der Waals surface area (Å²) in [4.78, 5) is 16.4. The van der Waals surface area contributed by atoms with E-state index in [-0.39, 0.29) is 22.5 Å². The van der Waals surface area contributed by atoms with Gasteiger partial charge in [-0.05, 0) is 76.6 Å². The summed E-state index contributed by atoms with van der Waals surface area (Å²) in [5.74, 6) is 0.0741. The van der Waals surface area contributed by atoms with Crippen LogP contribution in [0.4, 0.5) is 0 Å². The largest absolute Gasteiger partial charge is 0.507 e. The number of hydrogen-bond donors (Lipinski definition) is 4. The van der Waals surface area contributed by atoms with Crippen LogP contribution in [0, 0.1) is 6.92 Å². The van der Waals surface area contributed by atoms with Crippen LogP contribution in [0.15, 0.2) is 35.1 Å². The molecule has 0 fully saturated rings. The van der Waals surface area contributed by atoms with Crippen LogP contribution in [0.2, 0.25) is 0 Å². The van der Waals surface area contributed by atoms with E-state index < -0.39 is 5.69 Å². The van der Waals surface area contributed by atoms with E-state index in [1.54, 1.807) is 6.07 Å². The van der Waals surface area contributed by atoms with Crippen molar-refractivity contribution in [3.05, 3.63) is 68.8 Å². The number of hydrogen-bond acceptors (Lipinski definition) is 3. The molecule has 5 nitrogen and oxygen atoms in total. The number of fused-ring (bicyclic) bond motifs is 1. The maximum atomic E-state index is 11.4. The van der Waals surface area contributed by atoms with Crippen molar-refractivity contribution in [2.45, 2.75) is 64.7 Å². The van der Waals surface area contributed by atoms with E-state index in [9.17, 15) is 15.0 Å². The maximum Gasteiger partial charge on any atom is 0.325 e. The van der Waals surface area contributed by atoms with Gasteiger partial charge in [-0.15, -0.1) is 0 Å². The molecule has 2 aromatic carbocycles. The molecule has 0 aliphatic heterocycles. The van der Waals surface area contributed by atoms with E-state index >= 15 is 0 Å². The van der Waals surface area contributed by atoms with Gasteiger partial charge in [0.15, 0.2) is 0 Å². The smallest absolute Gasteiger partial charge is 0.325 e. The van der Waals surface area contributed by atoms with Crippen LogP contribution in [0.1, 0.15) is 68.5 Å². The third-order valence-corrected chi connectivity index (χ3v) is 6.71. The second kappa shape index (κ2) is 6.79. The number of aromatic amines is 2. The van der Waals surface area contributed by atoms with Crippen molar-refractivity contribution < 1.29 is 10.2 Å². The minimum absolute atomic E-state index is 0.0803. The summed E-state index contributed by atoms with van der Waals surface area (Å²) in [7, 11) is 0. The van der Waals surface area contributed by atoms with E-state index in [2.05, 4.69) is 56.7 Å². The third-order valence-electron chi connectivity index (χ3n) is 6.71. The number of imidazole rings is 1. The van der Waals surface area contributed by atoms with E-state index in [1.807, 2.05) is 12.1 Å². The zero-order valence-electron chi connectivity index (χ0n) is 18.3. The van der Waals surface area contributed by atoms with E-state index in [0.717, 1.165) is 35.1 Å². The topological polar surface area (TPSA) is 89.1 Å². The summed E-state index contributed by atoms with van der Waals surface area (Å²) >= 11 is 0. The molecule has 0 amide bonds. The fourth-order valence-electron chi connectivity index (χ4n) is 4.66. The molecule has 0 radical (unpaired) electrons. The molecule has 4 rings (SSSR count). The highest BCUT2D eigenvalue weighted by atomic mass is 16.3. The minimum Gasteiger partial charge on any atom is -0.507 e. The van der Waals surface area contributed by atoms with Gasteiger partial charge >= 0.3 is 5.69 Å². The first kappa shape index (κ1) is 20.3. The highest BCUT2D eigenvalue weighted by Gasteiger charge is 2.37. The molecule has 1 aromatic heterocycles. The van der Waals surface area contributed by atoms with E-state index in [0.29, 0.717) is 12.1 Å². The van der Waals surface area contributed by atoms with Crippen LogP contribution in [-0.4, -0.2) is 20.2 Å². The van der Waals surface area contributed by atoms with Gasteiger partial charge in [-0.25, -0.2) is 4.79 Å². The van der Waals surface area contributed by atoms with Gasteiger partial charge in [0.05, 0.1) is 5.69 Å². The minimum atomic E-state index is -0.433. The van der Waals surface area contributed by atoms with Crippen molar-refractivity contribution in [1.82, 2.24) is 9.97 Å². The summed E-state index contributed by atoms with van der Waals surface area (Å²) in [5, 5.41) is 20.5. The SMILES string of the molecule is Cc1cc2c(cc1-c1cc(Cc3[nH]c(=O)[nH]c3O)ccc1O)C(C)(C)CCC2(C)C. The average Bonchev–Trinajstić information content (AvgIpc) is 2.97. The number of H-pyrrole nitrogens is 2. The molecule has 158 valence electrons. The molecule has 3 aromatic rings. The molecule has 0 atom stereocenters. The molecular weight excluding hydrogens is 376 g/mol. The number of phenolic OH excluding ortho intramolecular Hbond substituents is 1. The van der Waals surface area contributed by atoms with Crippen LogP contribution in [-0.2, 0) is 17.3 Å². The summed E-state index contributed by atoms with van der Waals surface area (Å²) < 4.78 is 0. The van der Waals surface area contributed by atoms with Crippen molar-refractivity contribution in [3.8, 4) is 22.8 Å². The number of rotatable bonds is 3. The highest BCUT2D eigenvalue weighted by Crippen LogP contribution is 2.48. The van der Waals surface area contributed by atoms with Crippen LogP contribution in [0.25, 0.3) is 11.1 Å². The number of phenols is 1. The van der Waals surface area contributed by atoms with E-state index in [1.165, 1.54) is 11.1 Å². The van der Waals surface area contributed by atoms with Gasteiger partial charge in [-0.3, -0.25) is 4.98 Å². The Morgan fingerprint density at radius 2 is 1.53 bits per heavy atom. The summed E-state index contributed by atoms with van der Waals surface area (Å²) in [6.07, 6.45) is 2.65. The Morgan fingerprint density at radius 1 is 0.900 bits per heavy atom. The number of aromatic hydroxyl groups is 2. The zero-order chi connectivity index (χ0) is 21.8. The molecule has 0 bridgehead atoms. The summed E-state index contributed by atoms with van der Waals surface area (Å²) in [5.41, 5.74) is 6.76.